The fourth-order valence-corrected chi connectivity index (χ4v) is 1.53. The molecule has 76 valence electrons. The lowest BCUT2D eigenvalue weighted by Crippen LogP contribution is -1.95. The second-order valence-electron chi connectivity index (χ2n) is 2.76. The van der Waals surface area contributed by atoms with Gasteiger partial charge in [-0.25, -0.2) is 15.0 Å². The average Bonchev–Trinajstić information content (AvgIpc) is 2.29. The summed E-state index contributed by atoms with van der Waals surface area (Å²) in [6.07, 6.45) is 3.20. The van der Waals surface area contributed by atoms with Gasteiger partial charge in [0, 0.05) is 12.4 Å². The standard InChI is InChI=1S/C10H8BrN3O/c1-15-10-9(12-5-6-13-10)7-3-2-4-8(11)14-7/h2-6H,1H3. The number of aromatic nitrogens is 3. The number of nitrogens with zero attached hydrogens (tertiary/aromatic N) is 3. The van der Waals surface area contributed by atoms with Crippen molar-refractivity contribution in [1.82, 2.24) is 15.0 Å². The number of ether oxygens (including phenoxy) is 1. The molecule has 0 aliphatic rings. The van der Waals surface area contributed by atoms with Gasteiger partial charge in [0.15, 0.2) is 5.69 Å². The summed E-state index contributed by atoms with van der Waals surface area (Å²) >= 11 is 3.31. The predicted molar refractivity (Wildman–Crippen MR) is 59.5 cm³/mol. The van der Waals surface area contributed by atoms with Gasteiger partial charge in [0.1, 0.15) is 4.60 Å². The second-order valence-corrected chi connectivity index (χ2v) is 3.57. The molecule has 0 saturated heterocycles. The van der Waals surface area contributed by atoms with Crippen molar-refractivity contribution in [3.05, 3.63) is 35.2 Å². The number of rotatable bonds is 2. The molecule has 0 bridgehead atoms. The third kappa shape index (κ3) is 2.12. The zero-order chi connectivity index (χ0) is 10.7. The third-order valence-electron chi connectivity index (χ3n) is 1.82. The van der Waals surface area contributed by atoms with Gasteiger partial charge in [-0.2, -0.15) is 0 Å². The Hall–Kier alpha value is -1.49. The highest BCUT2D eigenvalue weighted by Crippen LogP contribution is 2.23. The zero-order valence-corrected chi connectivity index (χ0v) is 9.60. The van der Waals surface area contributed by atoms with Crippen LogP contribution in [0.1, 0.15) is 0 Å². The molecule has 2 rings (SSSR count). The van der Waals surface area contributed by atoms with Crippen molar-refractivity contribution in [2.45, 2.75) is 0 Å². The molecule has 2 aromatic heterocycles. The van der Waals surface area contributed by atoms with Crippen molar-refractivity contribution >= 4 is 15.9 Å². The molecule has 2 aromatic rings. The molecule has 0 N–H and O–H groups in total. The Bertz CT molecular complexity index is 476. The summed E-state index contributed by atoms with van der Waals surface area (Å²) in [4.78, 5) is 12.5. The van der Waals surface area contributed by atoms with E-state index in [2.05, 4.69) is 30.9 Å². The molecule has 0 spiro atoms. The van der Waals surface area contributed by atoms with Gasteiger partial charge in [0.05, 0.1) is 12.8 Å². The number of halogens is 1. The summed E-state index contributed by atoms with van der Waals surface area (Å²) in [5.74, 6) is 0.475. The Kier molecular flexibility index (Phi) is 2.91. The molecule has 0 amide bonds. The van der Waals surface area contributed by atoms with Crippen LogP contribution in [0.15, 0.2) is 35.2 Å². The second kappa shape index (κ2) is 4.35. The lowest BCUT2D eigenvalue weighted by Gasteiger charge is -2.04. The van der Waals surface area contributed by atoms with Crippen LogP contribution in [0.2, 0.25) is 0 Å². The maximum atomic E-state index is 5.11. The Morgan fingerprint density at radius 1 is 1.20 bits per heavy atom. The molecule has 15 heavy (non-hydrogen) atoms. The van der Waals surface area contributed by atoms with Crippen molar-refractivity contribution in [3.63, 3.8) is 0 Å². The van der Waals surface area contributed by atoms with Crippen LogP contribution in [-0.4, -0.2) is 22.1 Å². The molecule has 0 aromatic carbocycles. The normalized spacial score (nSPS) is 10.0. The first-order valence-corrected chi connectivity index (χ1v) is 5.08. The van der Waals surface area contributed by atoms with E-state index in [9.17, 15) is 0 Å². The van der Waals surface area contributed by atoms with E-state index in [0.717, 1.165) is 10.3 Å². The van der Waals surface area contributed by atoms with Gasteiger partial charge in [-0.15, -0.1) is 0 Å². The van der Waals surface area contributed by atoms with Crippen molar-refractivity contribution in [1.29, 1.82) is 0 Å². The van der Waals surface area contributed by atoms with E-state index >= 15 is 0 Å². The maximum absolute atomic E-state index is 5.11. The van der Waals surface area contributed by atoms with Gasteiger partial charge in [-0.1, -0.05) is 6.07 Å². The predicted octanol–water partition coefficient (Wildman–Crippen LogP) is 2.31. The van der Waals surface area contributed by atoms with Gasteiger partial charge in [-0.3, -0.25) is 0 Å². The number of hydrogen-bond donors (Lipinski definition) is 0. The summed E-state index contributed by atoms with van der Waals surface area (Å²) in [6, 6.07) is 5.60. The SMILES string of the molecule is COc1nccnc1-c1cccc(Br)n1. The first kappa shape index (κ1) is 10.0. The highest BCUT2D eigenvalue weighted by atomic mass is 79.9. The van der Waals surface area contributed by atoms with Crippen molar-refractivity contribution in [3.8, 4) is 17.3 Å². The Labute approximate surface area is 95.5 Å². The van der Waals surface area contributed by atoms with Crippen LogP contribution in [-0.2, 0) is 0 Å². The van der Waals surface area contributed by atoms with E-state index < -0.39 is 0 Å². The van der Waals surface area contributed by atoms with E-state index in [-0.39, 0.29) is 0 Å². The molecule has 0 saturated carbocycles. The maximum Gasteiger partial charge on any atom is 0.241 e. The molecular formula is C10H8BrN3O. The van der Waals surface area contributed by atoms with Crippen LogP contribution >= 0.6 is 15.9 Å². The number of hydrogen-bond acceptors (Lipinski definition) is 4. The zero-order valence-electron chi connectivity index (χ0n) is 8.01. The van der Waals surface area contributed by atoms with Crippen LogP contribution in [0, 0.1) is 0 Å². The van der Waals surface area contributed by atoms with Crippen LogP contribution in [0.5, 0.6) is 5.88 Å². The fraction of sp³-hybridized carbons (Fsp3) is 0.100. The van der Waals surface area contributed by atoms with E-state index in [1.54, 1.807) is 19.5 Å². The largest absolute Gasteiger partial charge is 0.479 e. The lowest BCUT2D eigenvalue weighted by molar-refractivity contribution is 0.397. The minimum absolute atomic E-state index is 0.475. The minimum atomic E-state index is 0.475. The molecule has 0 radical (unpaired) electrons. The smallest absolute Gasteiger partial charge is 0.241 e. The first-order chi connectivity index (χ1) is 7.31. The van der Waals surface area contributed by atoms with Gasteiger partial charge >= 0.3 is 0 Å². The summed E-state index contributed by atoms with van der Waals surface area (Å²) in [5.41, 5.74) is 1.37. The van der Waals surface area contributed by atoms with Gasteiger partial charge in [0.25, 0.3) is 0 Å². The molecule has 4 nitrogen and oxygen atoms in total. The molecule has 0 atom stereocenters. The minimum Gasteiger partial charge on any atom is -0.479 e. The Balaban J connectivity index is 2.53. The quantitative estimate of drug-likeness (QED) is 0.782. The lowest BCUT2D eigenvalue weighted by atomic mass is 10.3. The van der Waals surface area contributed by atoms with Crippen LogP contribution < -0.4 is 4.74 Å². The summed E-state index contributed by atoms with van der Waals surface area (Å²) in [6.45, 7) is 0. The van der Waals surface area contributed by atoms with E-state index in [4.69, 9.17) is 4.74 Å². The molecule has 0 aliphatic carbocycles. The first-order valence-electron chi connectivity index (χ1n) is 4.29. The third-order valence-corrected chi connectivity index (χ3v) is 2.26. The molecule has 2 heterocycles. The Morgan fingerprint density at radius 3 is 2.73 bits per heavy atom. The van der Waals surface area contributed by atoms with Gasteiger partial charge < -0.3 is 4.74 Å². The van der Waals surface area contributed by atoms with E-state index in [1.807, 2.05) is 18.2 Å². The highest BCUT2D eigenvalue weighted by Gasteiger charge is 2.09. The number of pyridine rings is 1. The van der Waals surface area contributed by atoms with Crippen molar-refractivity contribution in [2.24, 2.45) is 0 Å². The summed E-state index contributed by atoms with van der Waals surface area (Å²) < 4.78 is 5.87. The Morgan fingerprint density at radius 2 is 2.00 bits per heavy atom. The summed E-state index contributed by atoms with van der Waals surface area (Å²) in [7, 11) is 1.56. The summed E-state index contributed by atoms with van der Waals surface area (Å²) in [5, 5.41) is 0. The van der Waals surface area contributed by atoms with Crippen LogP contribution in [0.4, 0.5) is 0 Å². The van der Waals surface area contributed by atoms with Gasteiger partial charge in [-0.05, 0) is 28.1 Å². The fourth-order valence-electron chi connectivity index (χ4n) is 1.19. The van der Waals surface area contributed by atoms with Gasteiger partial charge in [0.2, 0.25) is 5.88 Å². The van der Waals surface area contributed by atoms with Crippen molar-refractivity contribution < 1.29 is 4.74 Å². The monoisotopic (exact) mass is 265 g/mol. The molecule has 5 heteroatoms. The van der Waals surface area contributed by atoms with E-state index in [1.165, 1.54) is 0 Å². The van der Waals surface area contributed by atoms with E-state index in [0.29, 0.717) is 11.6 Å². The molecule has 0 fully saturated rings. The van der Waals surface area contributed by atoms with Crippen LogP contribution in [0.25, 0.3) is 11.4 Å². The number of methoxy groups -OCH3 is 1. The molecule has 0 unspecified atom stereocenters. The molecular weight excluding hydrogens is 258 g/mol. The van der Waals surface area contributed by atoms with Crippen molar-refractivity contribution in [2.75, 3.05) is 7.11 Å². The highest BCUT2D eigenvalue weighted by molar-refractivity contribution is 9.10. The topological polar surface area (TPSA) is 47.9 Å². The van der Waals surface area contributed by atoms with Crippen LogP contribution in [0.3, 0.4) is 0 Å². The average molecular weight is 266 g/mol. The molecule has 0 aliphatic heterocycles.